The molecule has 1 aromatic carbocycles. The second-order valence-electron chi connectivity index (χ2n) is 5.43. The molecule has 7 nitrogen and oxygen atoms in total. The number of nitrogens with zero attached hydrogens (tertiary/aromatic N) is 4. The van der Waals surface area contributed by atoms with Crippen molar-refractivity contribution in [3.63, 3.8) is 0 Å². The van der Waals surface area contributed by atoms with Crippen LogP contribution in [0.25, 0.3) is 5.57 Å². The number of anilines is 1. The predicted molar refractivity (Wildman–Crippen MR) is 76.4 cm³/mol. The number of hydrogen-bond donors (Lipinski definition) is 2. The van der Waals surface area contributed by atoms with Crippen LogP contribution in [0.15, 0.2) is 24.4 Å². The van der Waals surface area contributed by atoms with E-state index in [0.717, 1.165) is 11.4 Å². The zero-order chi connectivity index (χ0) is 14.9. The Morgan fingerprint density at radius 1 is 1.52 bits per heavy atom. The van der Waals surface area contributed by atoms with E-state index in [1.807, 2.05) is 24.3 Å². The van der Waals surface area contributed by atoms with Crippen molar-refractivity contribution >= 4 is 11.3 Å². The van der Waals surface area contributed by atoms with E-state index < -0.39 is 0 Å². The lowest BCUT2D eigenvalue weighted by Crippen LogP contribution is -2.18. The summed E-state index contributed by atoms with van der Waals surface area (Å²) in [6.45, 7) is 4.97. The summed E-state index contributed by atoms with van der Waals surface area (Å²) in [5.74, 6) is 1.13. The number of aromatic nitrogens is 4. The van der Waals surface area contributed by atoms with E-state index in [2.05, 4.69) is 39.8 Å². The monoisotopic (exact) mass is 282 g/mol. The number of nitriles is 1. The molecule has 106 valence electrons. The summed E-state index contributed by atoms with van der Waals surface area (Å²) in [6.07, 6.45) is 1.55. The van der Waals surface area contributed by atoms with Crippen LogP contribution < -0.4 is 10.1 Å². The van der Waals surface area contributed by atoms with E-state index in [1.54, 1.807) is 6.20 Å². The molecule has 7 heteroatoms. The van der Waals surface area contributed by atoms with Crippen LogP contribution in [-0.4, -0.2) is 27.2 Å². The first-order valence-corrected chi connectivity index (χ1v) is 6.48. The quantitative estimate of drug-likeness (QED) is 0.833. The van der Waals surface area contributed by atoms with Gasteiger partial charge in [0.1, 0.15) is 17.4 Å². The van der Waals surface area contributed by atoms with Gasteiger partial charge in [0.05, 0.1) is 6.61 Å². The predicted octanol–water partition coefficient (Wildman–Crippen LogP) is 1.85. The number of tetrazole rings is 1. The minimum absolute atomic E-state index is 0.0339. The standard InChI is InChI=1S/C14H14N6O/c1-14(2)8-21-12-5-10(3-4-11(12)14)16-7-9(6-15)13-17-19-20-18-13/h3-5,7,16H,8H2,1-2H3,(H,17,18,19,20). The van der Waals surface area contributed by atoms with Crippen LogP contribution in [0.4, 0.5) is 5.69 Å². The molecule has 0 amide bonds. The van der Waals surface area contributed by atoms with Gasteiger partial charge in [-0.15, -0.1) is 10.2 Å². The zero-order valence-electron chi connectivity index (χ0n) is 11.7. The van der Waals surface area contributed by atoms with Gasteiger partial charge in [0, 0.05) is 28.9 Å². The molecule has 0 saturated carbocycles. The first kappa shape index (κ1) is 13.1. The number of allylic oxidation sites excluding steroid dienone is 1. The molecule has 3 rings (SSSR count). The van der Waals surface area contributed by atoms with Crippen LogP contribution in [0.5, 0.6) is 5.75 Å². The molecule has 1 aliphatic rings. The van der Waals surface area contributed by atoms with E-state index in [9.17, 15) is 0 Å². The lowest BCUT2D eigenvalue weighted by molar-refractivity contribution is 0.291. The molecule has 0 spiro atoms. The van der Waals surface area contributed by atoms with Crippen molar-refractivity contribution in [3.8, 4) is 11.8 Å². The molecular formula is C14H14N6O. The lowest BCUT2D eigenvalue weighted by atomic mass is 9.87. The highest BCUT2D eigenvalue weighted by Gasteiger charge is 2.31. The van der Waals surface area contributed by atoms with Gasteiger partial charge in [-0.1, -0.05) is 19.9 Å². The fraction of sp³-hybridized carbons (Fsp3) is 0.286. The van der Waals surface area contributed by atoms with Crippen molar-refractivity contribution in [3.05, 3.63) is 35.8 Å². The van der Waals surface area contributed by atoms with Crippen LogP contribution in [-0.2, 0) is 5.41 Å². The highest BCUT2D eigenvalue weighted by atomic mass is 16.5. The number of aromatic amines is 1. The summed E-state index contributed by atoms with van der Waals surface area (Å²) in [6, 6.07) is 7.94. The molecule has 0 aliphatic carbocycles. The maximum atomic E-state index is 9.09. The number of ether oxygens (including phenoxy) is 1. The molecule has 1 aromatic heterocycles. The third-order valence-electron chi connectivity index (χ3n) is 3.39. The van der Waals surface area contributed by atoms with Crippen LogP contribution in [0.2, 0.25) is 0 Å². The van der Waals surface area contributed by atoms with Gasteiger partial charge in [-0.3, -0.25) is 0 Å². The Balaban J connectivity index is 1.82. The maximum Gasteiger partial charge on any atom is 0.216 e. The first-order chi connectivity index (χ1) is 10.1. The van der Waals surface area contributed by atoms with Crippen LogP contribution in [0.1, 0.15) is 25.2 Å². The van der Waals surface area contributed by atoms with Crippen molar-refractivity contribution < 1.29 is 4.74 Å². The molecule has 0 radical (unpaired) electrons. The Hall–Kier alpha value is -2.88. The second kappa shape index (κ2) is 4.90. The zero-order valence-corrected chi connectivity index (χ0v) is 11.7. The fourth-order valence-corrected chi connectivity index (χ4v) is 2.20. The number of rotatable bonds is 3. The third-order valence-corrected chi connectivity index (χ3v) is 3.39. The number of H-pyrrole nitrogens is 1. The van der Waals surface area contributed by atoms with Crippen molar-refractivity contribution in [2.24, 2.45) is 0 Å². The van der Waals surface area contributed by atoms with E-state index in [0.29, 0.717) is 12.2 Å². The smallest absolute Gasteiger partial charge is 0.216 e. The third kappa shape index (κ3) is 2.43. The molecule has 0 saturated heterocycles. The summed E-state index contributed by atoms with van der Waals surface area (Å²) in [5, 5.41) is 25.4. The van der Waals surface area contributed by atoms with E-state index >= 15 is 0 Å². The van der Waals surface area contributed by atoms with Crippen molar-refractivity contribution in [1.29, 1.82) is 5.26 Å². The van der Waals surface area contributed by atoms with Crippen LogP contribution in [0, 0.1) is 11.3 Å². The molecule has 21 heavy (non-hydrogen) atoms. The van der Waals surface area contributed by atoms with Gasteiger partial charge >= 0.3 is 0 Å². The second-order valence-corrected chi connectivity index (χ2v) is 5.43. The molecule has 0 fully saturated rings. The van der Waals surface area contributed by atoms with Gasteiger partial charge in [-0.2, -0.15) is 10.5 Å². The number of hydrogen-bond acceptors (Lipinski definition) is 6. The molecular weight excluding hydrogens is 268 g/mol. The van der Waals surface area contributed by atoms with Crippen molar-refractivity contribution in [2.45, 2.75) is 19.3 Å². The summed E-state index contributed by atoms with van der Waals surface area (Å²) < 4.78 is 5.69. The fourth-order valence-electron chi connectivity index (χ4n) is 2.20. The van der Waals surface area contributed by atoms with Gasteiger partial charge in [0.15, 0.2) is 0 Å². The van der Waals surface area contributed by atoms with Gasteiger partial charge in [0.25, 0.3) is 0 Å². The Labute approximate surface area is 121 Å². The van der Waals surface area contributed by atoms with E-state index in [1.165, 1.54) is 5.56 Å². The SMILES string of the molecule is CC1(C)COc2cc(NC=C(C#N)c3nn[nH]n3)ccc21. The average Bonchev–Trinajstić information content (AvgIpc) is 3.09. The molecule has 2 aromatic rings. The Bertz CT molecular complexity index is 726. The van der Waals surface area contributed by atoms with E-state index in [4.69, 9.17) is 10.00 Å². The van der Waals surface area contributed by atoms with Gasteiger partial charge in [-0.25, -0.2) is 0 Å². The molecule has 0 bridgehead atoms. The van der Waals surface area contributed by atoms with Crippen molar-refractivity contribution in [2.75, 3.05) is 11.9 Å². The summed E-state index contributed by atoms with van der Waals surface area (Å²) in [4.78, 5) is 0. The first-order valence-electron chi connectivity index (χ1n) is 6.48. The average molecular weight is 282 g/mol. The molecule has 2 N–H and O–H groups in total. The molecule has 1 aliphatic heterocycles. The van der Waals surface area contributed by atoms with Crippen molar-refractivity contribution in [1.82, 2.24) is 20.6 Å². The number of fused-ring (bicyclic) bond motifs is 1. The van der Waals surface area contributed by atoms with Crippen LogP contribution in [0.3, 0.4) is 0 Å². The summed E-state index contributed by atoms with van der Waals surface area (Å²) in [5.41, 5.74) is 2.36. The van der Waals surface area contributed by atoms with E-state index in [-0.39, 0.29) is 11.2 Å². The maximum absolute atomic E-state index is 9.09. The Morgan fingerprint density at radius 2 is 2.38 bits per heavy atom. The molecule has 0 unspecified atom stereocenters. The highest BCUT2D eigenvalue weighted by molar-refractivity contribution is 5.74. The van der Waals surface area contributed by atoms with Gasteiger partial charge in [-0.05, 0) is 11.3 Å². The lowest BCUT2D eigenvalue weighted by Gasteiger charge is -2.14. The summed E-state index contributed by atoms with van der Waals surface area (Å²) in [7, 11) is 0. The topological polar surface area (TPSA) is 99.5 Å². The Morgan fingerprint density at radius 3 is 3.10 bits per heavy atom. The minimum atomic E-state index is 0.0339. The van der Waals surface area contributed by atoms with Gasteiger partial charge < -0.3 is 10.1 Å². The van der Waals surface area contributed by atoms with Crippen LogP contribution >= 0.6 is 0 Å². The Kier molecular flexibility index (Phi) is 3.06. The highest BCUT2D eigenvalue weighted by Crippen LogP contribution is 2.39. The molecule has 2 heterocycles. The minimum Gasteiger partial charge on any atom is -0.492 e. The normalized spacial score (nSPS) is 16.0. The summed E-state index contributed by atoms with van der Waals surface area (Å²) >= 11 is 0. The largest absolute Gasteiger partial charge is 0.492 e. The molecule has 0 atom stereocenters. The van der Waals surface area contributed by atoms with Gasteiger partial charge in [0.2, 0.25) is 5.82 Å². The number of benzene rings is 1. The number of nitrogens with one attached hydrogen (secondary N) is 2.